The van der Waals surface area contributed by atoms with Crippen LogP contribution in [0.5, 0.6) is 0 Å². The molecule has 2 atom stereocenters. The highest BCUT2D eigenvalue weighted by molar-refractivity contribution is 5.96. The Labute approximate surface area is 169 Å². The largest absolute Gasteiger partial charge is 0.369 e. The molecule has 1 saturated heterocycles. The molecule has 6 N–H and O–H groups in total. The van der Waals surface area contributed by atoms with Crippen LogP contribution in [0.15, 0.2) is 24.5 Å². The van der Waals surface area contributed by atoms with Gasteiger partial charge in [-0.2, -0.15) is 0 Å². The molecular formula is C19H26N8O2. The number of nitrogens with two attached hydrogens (primary N) is 2. The van der Waals surface area contributed by atoms with Crippen molar-refractivity contribution in [3.8, 4) is 0 Å². The Hall–Kier alpha value is -3.43. The van der Waals surface area contributed by atoms with Crippen molar-refractivity contribution in [2.24, 2.45) is 17.4 Å². The number of aromatic nitrogens is 3. The maximum absolute atomic E-state index is 11.7. The average Bonchev–Trinajstić information content (AvgIpc) is 2.61. The summed E-state index contributed by atoms with van der Waals surface area (Å²) in [7, 11) is 0. The molecule has 2 aromatic rings. The molecule has 0 aromatic carbocycles. The van der Waals surface area contributed by atoms with Crippen LogP contribution in [0.2, 0.25) is 0 Å². The maximum atomic E-state index is 11.7. The molecule has 2 amide bonds. The van der Waals surface area contributed by atoms with Gasteiger partial charge in [0.25, 0.3) is 5.91 Å². The Morgan fingerprint density at radius 2 is 1.93 bits per heavy atom. The molecule has 2 aromatic heterocycles. The summed E-state index contributed by atoms with van der Waals surface area (Å²) in [5.74, 6) is 0.278. The van der Waals surface area contributed by atoms with Crippen LogP contribution in [0.25, 0.3) is 0 Å². The quantitative estimate of drug-likeness (QED) is 0.492. The number of anilines is 4. The van der Waals surface area contributed by atoms with Gasteiger partial charge < -0.3 is 27.0 Å². The second-order valence-corrected chi connectivity index (χ2v) is 7.27. The summed E-state index contributed by atoms with van der Waals surface area (Å²) in [6, 6.07) is 3.70. The zero-order valence-corrected chi connectivity index (χ0v) is 16.6. The van der Waals surface area contributed by atoms with Crippen LogP contribution < -0.4 is 27.0 Å². The minimum Gasteiger partial charge on any atom is -0.369 e. The van der Waals surface area contributed by atoms with E-state index in [9.17, 15) is 9.59 Å². The van der Waals surface area contributed by atoms with Crippen molar-refractivity contribution in [3.63, 3.8) is 0 Å². The first-order chi connectivity index (χ1) is 13.8. The van der Waals surface area contributed by atoms with Crippen molar-refractivity contribution in [1.29, 1.82) is 0 Å². The van der Waals surface area contributed by atoms with Gasteiger partial charge in [0.15, 0.2) is 11.5 Å². The van der Waals surface area contributed by atoms with Crippen molar-refractivity contribution in [1.82, 2.24) is 15.0 Å². The van der Waals surface area contributed by atoms with E-state index in [0.717, 1.165) is 18.9 Å². The lowest BCUT2D eigenvalue weighted by Gasteiger charge is -2.31. The first kappa shape index (κ1) is 20.3. The lowest BCUT2D eigenvalue weighted by molar-refractivity contribution is -0.121. The van der Waals surface area contributed by atoms with Crippen molar-refractivity contribution < 1.29 is 9.59 Å². The van der Waals surface area contributed by atoms with Gasteiger partial charge in [0.05, 0.1) is 18.1 Å². The zero-order chi connectivity index (χ0) is 21.0. The first-order valence-electron chi connectivity index (χ1n) is 9.54. The van der Waals surface area contributed by atoms with Crippen LogP contribution in [0.3, 0.4) is 0 Å². The number of amides is 2. The SMILES string of the molecule is CC(CC(C)C(N)=O)Nc1cnc(C(N)=O)c(Nc2ccc(N3CCC3)nc2)n1. The van der Waals surface area contributed by atoms with E-state index >= 15 is 0 Å². The topological polar surface area (TPSA) is 152 Å². The number of nitrogens with zero attached hydrogens (tertiary/aromatic N) is 4. The Kier molecular flexibility index (Phi) is 6.10. The highest BCUT2D eigenvalue weighted by Gasteiger charge is 2.18. The minimum atomic E-state index is -0.688. The van der Waals surface area contributed by atoms with E-state index in [1.54, 1.807) is 13.1 Å². The van der Waals surface area contributed by atoms with Crippen molar-refractivity contribution >= 4 is 35.0 Å². The predicted octanol–water partition coefficient (Wildman–Crippen LogP) is 1.24. The van der Waals surface area contributed by atoms with Gasteiger partial charge in [-0.05, 0) is 31.9 Å². The fourth-order valence-corrected chi connectivity index (χ4v) is 3.01. The summed E-state index contributed by atoms with van der Waals surface area (Å²) in [6.07, 6.45) is 4.83. The Morgan fingerprint density at radius 1 is 1.17 bits per heavy atom. The van der Waals surface area contributed by atoms with E-state index in [4.69, 9.17) is 11.5 Å². The standard InChI is InChI=1S/C19H26N8O2/c1-11(17(20)28)8-12(2)24-14-10-23-16(18(21)29)19(26-14)25-13-4-5-15(22-9-13)27-6-3-7-27/h4-5,9-12H,3,6-8H2,1-2H3,(H2,20,28)(H2,21,29)(H2,24,25,26). The molecule has 2 unspecified atom stereocenters. The van der Waals surface area contributed by atoms with Crippen molar-refractivity contribution in [3.05, 3.63) is 30.2 Å². The molecule has 0 spiro atoms. The van der Waals surface area contributed by atoms with Gasteiger partial charge in [0.1, 0.15) is 11.6 Å². The summed E-state index contributed by atoms with van der Waals surface area (Å²) in [6.45, 7) is 5.70. The number of hydrogen-bond donors (Lipinski definition) is 4. The molecule has 0 saturated carbocycles. The zero-order valence-electron chi connectivity index (χ0n) is 16.6. The van der Waals surface area contributed by atoms with E-state index in [1.165, 1.54) is 12.6 Å². The van der Waals surface area contributed by atoms with Crippen molar-refractivity contribution in [2.75, 3.05) is 28.6 Å². The third-order valence-electron chi connectivity index (χ3n) is 4.78. The molecular weight excluding hydrogens is 372 g/mol. The van der Waals surface area contributed by atoms with E-state index in [2.05, 4.69) is 30.5 Å². The monoisotopic (exact) mass is 398 g/mol. The molecule has 0 radical (unpaired) electrons. The minimum absolute atomic E-state index is 0.0283. The molecule has 3 rings (SSSR count). The highest BCUT2D eigenvalue weighted by Crippen LogP contribution is 2.23. The molecule has 154 valence electrons. The summed E-state index contributed by atoms with van der Waals surface area (Å²) >= 11 is 0. The smallest absolute Gasteiger partial charge is 0.271 e. The third-order valence-corrected chi connectivity index (χ3v) is 4.78. The van der Waals surface area contributed by atoms with Crippen LogP contribution in [0, 0.1) is 5.92 Å². The summed E-state index contributed by atoms with van der Waals surface area (Å²) in [5, 5.41) is 6.22. The van der Waals surface area contributed by atoms with Crippen LogP contribution >= 0.6 is 0 Å². The van der Waals surface area contributed by atoms with E-state index < -0.39 is 5.91 Å². The molecule has 10 nitrogen and oxygen atoms in total. The first-order valence-corrected chi connectivity index (χ1v) is 9.54. The fourth-order valence-electron chi connectivity index (χ4n) is 3.01. The summed E-state index contributed by atoms with van der Waals surface area (Å²) < 4.78 is 0. The number of pyridine rings is 1. The van der Waals surface area contributed by atoms with Crippen LogP contribution in [-0.2, 0) is 4.79 Å². The Balaban J connectivity index is 1.74. The number of hydrogen-bond acceptors (Lipinski definition) is 8. The second kappa shape index (κ2) is 8.72. The number of carbonyl (C=O) groups is 2. The number of rotatable bonds is 9. The summed E-state index contributed by atoms with van der Waals surface area (Å²) in [5.41, 5.74) is 11.4. The van der Waals surface area contributed by atoms with Gasteiger partial charge in [0.2, 0.25) is 5.91 Å². The van der Waals surface area contributed by atoms with Gasteiger partial charge in [-0.15, -0.1) is 0 Å². The normalized spacial score (nSPS) is 15.2. The Morgan fingerprint density at radius 3 is 2.48 bits per heavy atom. The molecule has 1 aliphatic heterocycles. The molecule has 0 bridgehead atoms. The van der Waals surface area contributed by atoms with Gasteiger partial charge in [-0.3, -0.25) is 9.59 Å². The van der Waals surface area contributed by atoms with Gasteiger partial charge in [0, 0.05) is 25.0 Å². The van der Waals surface area contributed by atoms with Gasteiger partial charge in [-0.25, -0.2) is 15.0 Å². The van der Waals surface area contributed by atoms with E-state index in [-0.39, 0.29) is 29.4 Å². The van der Waals surface area contributed by atoms with E-state index in [0.29, 0.717) is 17.9 Å². The predicted molar refractivity (Wildman–Crippen MR) is 111 cm³/mol. The Bertz CT molecular complexity index is 882. The number of carbonyl (C=O) groups excluding carboxylic acids is 2. The molecule has 1 fully saturated rings. The molecule has 0 aliphatic carbocycles. The van der Waals surface area contributed by atoms with Crippen LogP contribution in [0.1, 0.15) is 37.2 Å². The second-order valence-electron chi connectivity index (χ2n) is 7.27. The molecule has 3 heterocycles. The lowest BCUT2D eigenvalue weighted by Crippen LogP contribution is -2.37. The van der Waals surface area contributed by atoms with Gasteiger partial charge in [-0.1, -0.05) is 6.92 Å². The third kappa shape index (κ3) is 5.09. The van der Waals surface area contributed by atoms with Gasteiger partial charge >= 0.3 is 0 Å². The maximum Gasteiger partial charge on any atom is 0.271 e. The van der Waals surface area contributed by atoms with Crippen LogP contribution in [0.4, 0.5) is 23.1 Å². The fraction of sp³-hybridized carbons (Fsp3) is 0.421. The molecule has 29 heavy (non-hydrogen) atoms. The number of nitrogens with one attached hydrogen (secondary N) is 2. The lowest BCUT2D eigenvalue weighted by atomic mass is 10.0. The highest BCUT2D eigenvalue weighted by atomic mass is 16.1. The average molecular weight is 398 g/mol. The van der Waals surface area contributed by atoms with E-state index in [1.807, 2.05) is 19.1 Å². The summed E-state index contributed by atoms with van der Waals surface area (Å²) in [4.78, 5) is 38.2. The molecule has 10 heteroatoms. The van der Waals surface area contributed by atoms with Crippen molar-refractivity contribution in [2.45, 2.75) is 32.7 Å². The van der Waals surface area contributed by atoms with Crippen LogP contribution in [-0.4, -0.2) is 45.9 Å². The number of primary amides is 2. The molecule has 1 aliphatic rings.